The zero-order chi connectivity index (χ0) is 17.3. The minimum atomic E-state index is -0.254. The van der Waals surface area contributed by atoms with Crippen molar-refractivity contribution in [3.63, 3.8) is 0 Å². The molecule has 0 radical (unpaired) electrons. The molecule has 3 amide bonds. The van der Waals surface area contributed by atoms with Crippen LogP contribution in [0.3, 0.4) is 0 Å². The van der Waals surface area contributed by atoms with E-state index in [1.807, 2.05) is 31.2 Å². The number of halogens is 1. The minimum absolute atomic E-state index is 0.0516. The molecule has 130 valence electrons. The number of benzene rings is 1. The van der Waals surface area contributed by atoms with E-state index in [2.05, 4.69) is 12.2 Å². The van der Waals surface area contributed by atoms with Crippen molar-refractivity contribution in [1.82, 2.24) is 10.2 Å². The van der Waals surface area contributed by atoms with Gasteiger partial charge < -0.3 is 5.32 Å². The van der Waals surface area contributed by atoms with Crippen molar-refractivity contribution in [3.8, 4) is 0 Å². The topological polar surface area (TPSA) is 49.4 Å². The van der Waals surface area contributed by atoms with Crippen LogP contribution in [-0.2, 0) is 0 Å². The summed E-state index contributed by atoms with van der Waals surface area (Å²) in [6, 6.07) is 7.23. The lowest BCUT2D eigenvalue weighted by Crippen LogP contribution is -2.50. The fourth-order valence-corrected chi connectivity index (χ4v) is 4.91. The second-order valence-electron chi connectivity index (χ2n) is 6.78. The van der Waals surface area contributed by atoms with Crippen molar-refractivity contribution < 1.29 is 9.59 Å². The first-order chi connectivity index (χ1) is 11.5. The van der Waals surface area contributed by atoms with Gasteiger partial charge in [-0.15, -0.1) is 0 Å². The Morgan fingerprint density at radius 2 is 1.88 bits per heavy atom. The van der Waals surface area contributed by atoms with Crippen molar-refractivity contribution in [3.05, 3.63) is 34.9 Å². The fraction of sp³-hybridized carbons (Fsp3) is 0.556. The number of carbonyl (C=O) groups is 2. The Kier molecular flexibility index (Phi) is 5.40. The summed E-state index contributed by atoms with van der Waals surface area (Å²) in [7, 11) is 0. The summed E-state index contributed by atoms with van der Waals surface area (Å²) in [5.74, 6) is 0.468. The number of nitrogens with zero attached hydrogens (tertiary/aromatic N) is 1. The van der Waals surface area contributed by atoms with E-state index in [4.69, 9.17) is 11.6 Å². The van der Waals surface area contributed by atoms with Crippen LogP contribution >= 0.6 is 23.4 Å². The van der Waals surface area contributed by atoms with E-state index >= 15 is 0 Å². The molecule has 4 nitrogen and oxygen atoms in total. The van der Waals surface area contributed by atoms with Gasteiger partial charge in [0.15, 0.2) is 0 Å². The summed E-state index contributed by atoms with van der Waals surface area (Å²) in [6.45, 7) is 4.10. The van der Waals surface area contributed by atoms with E-state index in [1.165, 1.54) is 23.1 Å². The summed E-state index contributed by atoms with van der Waals surface area (Å²) in [5, 5.41) is 3.52. The first-order valence-corrected chi connectivity index (χ1v) is 9.79. The van der Waals surface area contributed by atoms with Gasteiger partial charge >= 0.3 is 6.03 Å². The van der Waals surface area contributed by atoms with Crippen LogP contribution in [0, 0.1) is 5.92 Å². The molecule has 0 spiro atoms. The van der Waals surface area contributed by atoms with Crippen LogP contribution < -0.4 is 5.32 Å². The quantitative estimate of drug-likeness (QED) is 0.779. The molecule has 1 aromatic rings. The third-order valence-corrected chi connectivity index (χ3v) is 6.68. The lowest BCUT2D eigenvalue weighted by Gasteiger charge is -2.31. The number of nitrogens with one attached hydrogen (secondary N) is 1. The number of hydrogen-bond donors (Lipinski definition) is 1. The molecule has 1 N–H and O–H groups in total. The molecule has 2 aliphatic rings. The first kappa shape index (κ1) is 17.6. The molecule has 0 bridgehead atoms. The number of carbonyl (C=O) groups excluding carboxylic acids is 2. The molecule has 1 saturated carbocycles. The molecule has 1 saturated heterocycles. The van der Waals surface area contributed by atoms with Crippen molar-refractivity contribution in [2.75, 3.05) is 0 Å². The van der Waals surface area contributed by atoms with Gasteiger partial charge in [-0.2, -0.15) is 0 Å². The van der Waals surface area contributed by atoms with Crippen molar-refractivity contribution in [1.29, 1.82) is 0 Å². The van der Waals surface area contributed by atoms with E-state index in [1.54, 1.807) is 0 Å². The molecular weight excluding hydrogens is 344 g/mol. The molecular formula is C18H23ClN2O2S. The van der Waals surface area contributed by atoms with Gasteiger partial charge in [-0.25, -0.2) is 4.79 Å². The Bertz CT molecular complexity index is 622. The largest absolute Gasteiger partial charge is 0.335 e. The average molecular weight is 367 g/mol. The minimum Gasteiger partial charge on any atom is -0.335 e. The van der Waals surface area contributed by atoms with Gasteiger partial charge in [-0.1, -0.05) is 55.3 Å². The predicted octanol–water partition coefficient (Wildman–Crippen LogP) is 5.23. The van der Waals surface area contributed by atoms with Crippen LogP contribution in [0.4, 0.5) is 9.59 Å². The maximum absolute atomic E-state index is 12.7. The summed E-state index contributed by atoms with van der Waals surface area (Å²) in [6.07, 6.45) is 4.50. The summed E-state index contributed by atoms with van der Waals surface area (Å²) in [4.78, 5) is 26.5. The first-order valence-electron chi connectivity index (χ1n) is 8.53. The number of hydrogen-bond acceptors (Lipinski definition) is 3. The van der Waals surface area contributed by atoms with Crippen molar-refractivity contribution in [2.24, 2.45) is 5.92 Å². The summed E-state index contributed by atoms with van der Waals surface area (Å²) >= 11 is 7.15. The van der Waals surface area contributed by atoms with Gasteiger partial charge in [0.2, 0.25) is 0 Å². The monoisotopic (exact) mass is 366 g/mol. The Morgan fingerprint density at radius 1 is 1.21 bits per heavy atom. The Morgan fingerprint density at radius 3 is 2.54 bits per heavy atom. The lowest BCUT2D eigenvalue weighted by atomic mass is 9.86. The predicted molar refractivity (Wildman–Crippen MR) is 98.4 cm³/mol. The van der Waals surface area contributed by atoms with Crippen molar-refractivity contribution in [2.45, 2.75) is 56.9 Å². The highest BCUT2D eigenvalue weighted by Gasteiger charge is 2.43. The third-order valence-electron chi connectivity index (χ3n) is 5.11. The van der Waals surface area contributed by atoms with Gasteiger partial charge in [0.05, 0.1) is 11.3 Å². The normalized spacial score (nSPS) is 30.5. The molecule has 1 aliphatic heterocycles. The smallest absolute Gasteiger partial charge is 0.325 e. The SMILES string of the molecule is CC1CCCCC1NC(=O)N1C(=O)SC(c2ccc(Cl)cc2)C1C. The molecule has 0 aromatic heterocycles. The number of amides is 3. The zero-order valence-corrected chi connectivity index (χ0v) is 15.6. The molecule has 1 heterocycles. The second-order valence-corrected chi connectivity index (χ2v) is 8.31. The van der Waals surface area contributed by atoms with Gasteiger partial charge in [0.25, 0.3) is 5.24 Å². The summed E-state index contributed by atoms with van der Waals surface area (Å²) in [5.41, 5.74) is 1.02. The van der Waals surface area contributed by atoms with Crippen LogP contribution in [-0.4, -0.2) is 28.3 Å². The highest BCUT2D eigenvalue weighted by Crippen LogP contribution is 2.43. The number of rotatable bonds is 2. The maximum Gasteiger partial charge on any atom is 0.325 e. The molecule has 1 aliphatic carbocycles. The number of urea groups is 1. The van der Waals surface area contributed by atoms with Crippen molar-refractivity contribution >= 4 is 34.6 Å². The lowest BCUT2D eigenvalue weighted by molar-refractivity contribution is 0.178. The maximum atomic E-state index is 12.7. The highest BCUT2D eigenvalue weighted by atomic mass is 35.5. The Balaban J connectivity index is 1.70. The summed E-state index contributed by atoms with van der Waals surface area (Å²) < 4.78 is 0. The van der Waals surface area contributed by atoms with Crippen LogP contribution in [0.15, 0.2) is 24.3 Å². The van der Waals surface area contributed by atoms with Gasteiger partial charge in [-0.3, -0.25) is 9.69 Å². The van der Waals surface area contributed by atoms with Crippen LogP contribution in [0.5, 0.6) is 0 Å². The zero-order valence-electron chi connectivity index (χ0n) is 14.0. The van der Waals surface area contributed by atoms with Gasteiger partial charge in [0.1, 0.15) is 0 Å². The van der Waals surface area contributed by atoms with E-state index in [-0.39, 0.29) is 28.6 Å². The van der Waals surface area contributed by atoms with E-state index < -0.39 is 0 Å². The number of imide groups is 1. The van der Waals surface area contributed by atoms with Crippen LogP contribution in [0.2, 0.25) is 5.02 Å². The van der Waals surface area contributed by atoms with Crippen LogP contribution in [0.25, 0.3) is 0 Å². The van der Waals surface area contributed by atoms with Gasteiger partial charge in [-0.05, 0) is 43.4 Å². The molecule has 2 fully saturated rings. The standard InChI is InChI=1S/C18H23ClN2O2S/c1-11-5-3-4-6-15(11)20-17(22)21-12(2)16(24-18(21)23)13-7-9-14(19)10-8-13/h7-12,15-16H,3-6H2,1-2H3,(H,20,22). The Labute approximate surface area is 152 Å². The molecule has 6 heteroatoms. The van der Waals surface area contributed by atoms with Crippen LogP contribution in [0.1, 0.15) is 50.3 Å². The Hall–Kier alpha value is -1.20. The molecule has 4 unspecified atom stereocenters. The highest BCUT2D eigenvalue weighted by molar-refractivity contribution is 8.14. The van der Waals surface area contributed by atoms with E-state index in [0.717, 1.165) is 24.8 Å². The molecule has 3 rings (SSSR count). The molecule has 24 heavy (non-hydrogen) atoms. The third kappa shape index (κ3) is 3.57. The second kappa shape index (κ2) is 7.36. The van der Waals surface area contributed by atoms with E-state index in [9.17, 15) is 9.59 Å². The molecule has 1 aromatic carbocycles. The molecule has 4 atom stereocenters. The van der Waals surface area contributed by atoms with E-state index in [0.29, 0.717) is 10.9 Å². The average Bonchev–Trinajstić information content (AvgIpc) is 2.85. The van der Waals surface area contributed by atoms with Gasteiger partial charge in [0, 0.05) is 11.1 Å². The fourth-order valence-electron chi connectivity index (χ4n) is 3.59. The number of thioether (sulfide) groups is 1.